The van der Waals surface area contributed by atoms with E-state index >= 15 is 0 Å². The summed E-state index contributed by atoms with van der Waals surface area (Å²) in [7, 11) is -4.30. The fourth-order valence-electron chi connectivity index (χ4n) is 3.61. The summed E-state index contributed by atoms with van der Waals surface area (Å²) in [5.41, 5.74) is 0. The predicted octanol–water partition coefficient (Wildman–Crippen LogP) is 2.75. The van der Waals surface area contributed by atoms with E-state index in [1.165, 1.54) is 4.90 Å². The fourth-order valence-corrected chi connectivity index (χ4v) is 5.03. The van der Waals surface area contributed by atoms with Gasteiger partial charge >= 0.3 is 0 Å². The fraction of sp³-hybridized carbons (Fsp3) is 0.706. The van der Waals surface area contributed by atoms with Crippen LogP contribution in [0.2, 0.25) is 0 Å². The molecule has 2 aliphatic rings. The highest BCUT2D eigenvalue weighted by atomic mass is 32.2. The molecule has 0 N–H and O–H groups in total. The molecule has 0 atom stereocenters. The van der Waals surface area contributed by atoms with Gasteiger partial charge in [0.05, 0.1) is 5.75 Å². The van der Waals surface area contributed by atoms with E-state index in [1.54, 1.807) is 0 Å². The summed E-state index contributed by atoms with van der Waals surface area (Å²) in [5.74, 6) is -5.40. The van der Waals surface area contributed by atoms with E-state index in [1.807, 2.05) is 4.90 Å². The Kier molecular flexibility index (Phi) is 6.06. The van der Waals surface area contributed by atoms with Crippen molar-refractivity contribution in [2.24, 2.45) is 0 Å². The summed E-state index contributed by atoms with van der Waals surface area (Å²) in [6.45, 7) is 2.61. The van der Waals surface area contributed by atoms with E-state index < -0.39 is 43.9 Å². The first kappa shape index (κ1) is 19.4. The van der Waals surface area contributed by atoms with Crippen molar-refractivity contribution in [3.05, 3.63) is 17.6 Å². The SMILES string of the molecule is O=S(=O)(CCN1CCCCC1)c1c(F)c(F)nc(N2CCCCC2)c1F. The highest BCUT2D eigenvalue weighted by molar-refractivity contribution is 7.91. The number of likely N-dealkylation sites (tertiary alicyclic amines) is 1. The van der Waals surface area contributed by atoms with E-state index in [-0.39, 0.29) is 6.54 Å². The Hall–Kier alpha value is -1.35. The molecule has 146 valence electrons. The zero-order valence-electron chi connectivity index (χ0n) is 14.7. The number of sulfone groups is 1. The third kappa shape index (κ3) is 4.14. The van der Waals surface area contributed by atoms with E-state index in [0.717, 1.165) is 51.6 Å². The molecule has 5 nitrogen and oxygen atoms in total. The number of nitrogens with zero attached hydrogens (tertiary/aromatic N) is 3. The molecule has 2 saturated heterocycles. The van der Waals surface area contributed by atoms with Crippen LogP contribution in [0.1, 0.15) is 38.5 Å². The number of rotatable bonds is 5. The number of piperidine rings is 2. The molecule has 0 saturated carbocycles. The van der Waals surface area contributed by atoms with Crippen LogP contribution in [0, 0.1) is 17.6 Å². The maximum Gasteiger partial charge on any atom is 0.252 e. The standard InChI is InChI=1S/C17H24F3N3O2S/c18-13-15(26(24,25)12-11-22-7-3-1-4-8-22)14(19)17(21-16(13)20)23-9-5-2-6-10-23/h1-12H2. The van der Waals surface area contributed by atoms with Gasteiger partial charge in [-0.3, -0.25) is 0 Å². The van der Waals surface area contributed by atoms with Gasteiger partial charge < -0.3 is 9.80 Å². The van der Waals surface area contributed by atoms with Gasteiger partial charge in [-0.15, -0.1) is 0 Å². The van der Waals surface area contributed by atoms with Gasteiger partial charge in [0.15, 0.2) is 27.3 Å². The first-order valence-electron chi connectivity index (χ1n) is 9.15. The minimum absolute atomic E-state index is 0.185. The number of anilines is 1. The Bertz CT molecular complexity index is 746. The van der Waals surface area contributed by atoms with Crippen molar-refractivity contribution in [3.8, 4) is 0 Å². The van der Waals surface area contributed by atoms with Crippen molar-refractivity contribution in [2.75, 3.05) is 43.4 Å². The van der Waals surface area contributed by atoms with Crippen LogP contribution in [0.5, 0.6) is 0 Å². The average Bonchev–Trinajstić information content (AvgIpc) is 2.65. The Morgan fingerprint density at radius 3 is 2.04 bits per heavy atom. The van der Waals surface area contributed by atoms with Crippen molar-refractivity contribution in [2.45, 2.75) is 43.4 Å². The van der Waals surface area contributed by atoms with E-state index in [2.05, 4.69) is 4.98 Å². The topological polar surface area (TPSA) is 53.5 Å². The molecular weight excluding hydrogens is 367 g/mol. The number of pyridine rings is 1. The Labute approximate surface area is 152 Å². The van der Waals surface area contributed by atoms with Crippen molar-refractivity contribution in [3.63, 3.8) is 0 Å². The first-order chi connectivity index (χ1) is 12.4. The molecule has 0 aromatic carbocycles. The monoisotopic (exact) mass is 391 g/mol. The van der Waals surface area contributed by atoms with Crippen molar-refractivity contribution in [1.29, 1.82) is 0 Å². The summed E-state index contributed by atoms with van der Waals surface area (Å²) in [6.07, 6.45) is 5.57. The lowest BCUT2D eigenvalue weighted by atomic mass is 10.1. The van der Waals surface area contributed by atoms with Crippen LogP contribution < -0.4 is 4.90 Å². The van der Waals surface area contributed by atoms with Crippen LogP contribution >= 0.6 is 0 Å². The molecule has 0 aliphatic carbocycles. The van der Waals surface area contributed by atoms with Crippen LogP contribution in [-0.4, -0.2) is 56.8 Å². The summed E-state index contributed by atoms with van der Waals surface area (Å²) >= 11 is 0. The Balaban J connectivity index is 1.88. The Morgan fingerprint density at radius 2 is 1.42 bits per heavy atom. The van der Waals surface area contributed by atoms with Crippen molar-refractivity contribution < 1.29 is 21.6 Å². The van der Waals surface area contributed by atoms with Gasteiger partial charge in [-0.05, 0) is 45.2 Å². The maximum atomic E-state index is 14.9. The highest BCUT2D eigenvalue weighted by Gasteiger charge is 2.32. The normalized spacial score (nSPS) is 19.7. The third-order valence-electron chi connectivity index (χ3n) is 5.07. The summed E-state index contributed by atoms with van der Waals surface area (Å²) < 4.78 is 68.2. The lowest BCUT2D eigenvalue weighted by molar-refractivity contribution is 0.241. The van der Waals surface area contributed by atoms with Gasteiger partial charge in [0.25, 0.3) is 5.95 Å². The number of halogens is 3. The molecule has 1 aromatic heterocycles. The van der Waals surface area contributed by atoms with Crippen LogP contribution in [0.25, 0.3) is 0 Å². The van der Waals surface area contributed by atoms with Crippen LogP contribution in [0.3, 0.4) is 0 Å². The molecule has 0 radical (unpaired) electrons. The Morgan fingerprint density at radius 1 is 0.846 bits per heavy atom. The smallest absolute Gasteiger partial charge is 0.252 e. The first-order valence-corrected chi connectivity index (χ1v) is 10.8. The molecule has 0 spiro atoms. The van der Waals surface area contributed by atoms with Crippen molar-refractivity contribution >= 4 is 15.7 Å². The van der Waals surface area contributed by atoms with Crippen LogP contribution in [0.4, 0.5) is 19.0 Å². The van der Waals surface area contributed by atoms with Crippen LogP contribution in [-0.2, 0) is 9.84 Å². The van der Waals surface area contributed by atoms with Gasteiger partial charge in [-0.1, -0.05) is 6.42 Å². The second kappa shape index (κ2) is 8.12. The number of hydrogen-bond donors (Lipinski definition) is 0. The predicted molar refractivity (Wildman–Crippen MR) is 92.5 cm³/mol. The minimum Gasteiger partial charge on any atom is -0.354 e. The highest BCUT2D eigenvalue weighted by Crippen LogP contribution is 2.30. The molecule has 1 aromatic rings. The second-order valence-corrected chi connectivity index (χ2v) is 9.00. The van der Waals surface area contributed by atoms with E-state index in [9.17, 15) is 21.6 Å². The van der Waals surface area contributed by atoms with E-state index in [0.29, 0.717) is 13.1 Å². The second-order valence-electron chi connectivity index (χ2n) is 6.95. The molecule has 26 heavy (non-hydrogen) atoms. The summed E-state index contributed by atoms with van der Waals surface area (Å²) in [5, 5.41) is 0. The van der Waals surface area contributed by atoms with Gasteiger partial charge in [0.1, 0.15) is 4.90 Å². The molecule has 3 rings (SSSR count). The minimum atomic E-state index is -4.30. The van der Waals surface area contributed by atoms with E-state index in [4.69, 9.17) is 0 Å². The quantitative estimate of drug-likeness (QED) is 0.723. The van der Waals surface area contributed by atoms with Crippen LogP contribution in [0.15, 0.2) is 4.90 Å². The average molecular weight is 391 g/mol. The molecule has 0 bridgehead atoms. The van der Waals surface area contributed by atoms with Gasteiger partial charge in [-0.25, -0.2) is 17.2 Å². The largest absolute Gasteiger partial charge is 0.354 e. The molecular formula is C17H24F3N3O2S. The lowest BCUT2D eigenvalue weighted by Crippen LogP contribution is -2.35. The molecule has 2 aliphatic heterocycles. The number of hydrogen-bond acceptors (Lipinski definition) is 5. The summed E-state index contributed by atoms with van der Waals surface area (Å²) in [6, 6.07) is 0. The zero-order valence-corrected chi connectivity index (χ0v) is 15.5. The van der Waals surface area contributed by atoms with Gasteiger partial charge in [0.2, 0.25) is 0 Å². The molecule has 9 heteroatoms. The third-order valence-corrected chi connectivity index (χ3v) is 6.77. The summed E-state index contributed by atoms with van der Waals surface area (Å²) in [4.78, 5) is 5.63. The van der Waals surface area contributed by atoms with Crippen molar-refractivity contribution in [1.82, 2.24) is 9.88 Å². The van der Waals surface area contributed by atoms with Gasteiger partial charge in [-0.2, -0.15) is 9.37 Å². The lowest BCUT2D eigenvalue weighted by Gasteiger charge is -2.28. The molecule has 0 unspecified atom stereocenters. The molecule has 3 heterocycles. The number of aromatic nitrogens is 1. The molecule has 0 amide bonds. The zero-order chi connectivity index (χ0) is 18.7. The molecule has 2 fully saturated rings. The maximum absolute atomic E-state index is 14.9. The van der Waals surface area contributed by atoms with Gasteiger partial charge in [0, 0.05) is 19.6 Å².